The SMILES string of the molecule is O=C(c1cc(Cl)[nH]n1)N(Cc1ccncc1F)CC1CCC1. The van der Waals surface area contributed by atoms with Crippen molar-refractivity contribution < 1.29 is 9.18 Å². The van der Waals surface area contributed by atoms with Crippen LogP contribution in [0.3, 0.4) is 0 Å². The molecule has 2 heterocycles. The van der Waals surface area contributed by atoms with Crippen molar-refractivity contribution in [1.29, 1.82) is 0 Å². The quantitative estimate of drug-likeness (QED) is 0.920. The van der Waals surface area contributed by atoms with Crippen molar-refractivity contribution in [3.05, 3.63) is 46.8 Å². The molecule has 0 saturated heterocycles. The minimum absolute atomic E-state index is 0.203. The summed E-state index contributed by atoms with van der Waals surface area (Å²) < 4.78 is 13.8. The second-order valence-corrected chi connectivity index (χ2v) is 5.96. The summed E-state index contributed by atoms with van der Waals surface area (Å²) in [5.74, 6) is -0.177. The van der Waals surface area contributed by atoms with Gasteiger partial charge in [-0.3, -0.25) is 14.9 Å². The number of hydrogen-bond donors (Lipinski definition) is 1. The summed E-state index contributed by atoms with van der Waals surface area (Å²) in [5.41, 5.74) is 0.697. The number of aromatic nitrogens is 3. The Morgan fingerprint density at radius 2 is 2.32 bits per heavy atom. The van der Waals surface area contributed by atoms with Gasteiger partial charge >= 0.3 is 0 Å². The molecule has 0 bridgehead atoms. The maximum absolute atomic E-state index is 13.8. The van der Waals surface area contributed by atoms with Crippen molar-refractivity contribution in [2.75, 3.05) is 6.54 Å². The molecule has 7 heteroatoms. The minimum atomic E-state index is -0.408. The molecule has 1 saturated carbocycles. The Hall–Kier alpha value is -1.95. The number of amides is 1. The molecule has 3 rings (SSSR count). The molecule has 0 unspecified atom stereocenters. The van der Waals surface area contributed by atoms with Crippen molar-refractivity contribution >= 4 is 17.5 Å². The van der Waals surface area contributed by atoms with E-state index < -0.39 is 5.82 Å². The number of nitrogens with zero attached hydrogens (tertiary/aromatic N) is 3. The number of hydrogen-bond acceptors (Lipinski definition) is 3. The van der Waals surface area contributed by atoms with Crippen LogP contribution < -0.4 is 0 Å². The molecule has 1 amide bonds. The van der Waals surface area contributed by atoms with Crippen molar-refractivity contribution in [2.45, 2.75) is 25.8 Å². The first kappa shape index (κ1) is 15.0. The Kier molecular flexibility index (Phi) is 4.38. The highest BCUT2D eigenvalue weighted by Gasteiger charge is 2.26. The summed E-state index contributed by atoms with van der Waals surface area (Å²) in [4.78, 5) is 18.0. The van der Waals surface area contributed by atoms with E-state index in [1.54, 1.807) is 11.0 Å². The molecule has 0 atom stereocenters. The average Bonchev–Trinajstić information content (AvgIpc) is 2.89. The fraction of sp³-hybridized carbons (Fsp3) is 0.400. The number of pyridine rings is 1. The van der Waals surface area contributed by atoms with Gasteiger partial charge in [-0.2, -0.15) is 5.10 Å². The fourth-order valence-electron chi connectivity index (χ4n) is 2.51. The summed E-state index contributed by atoms with van der Waals surface area (Å²) in [5, 5.41) is 6.75. The van der Waals surface area contributed by atoms with Crippen molar-refractivity contribution in [3.8, 4) is 0 Å². The van der Waals surface area contributed by atoms with E-state index in [0.717, 1.165) is 19.0 Å². The Morgan fingerprint density at radius 1 is 1.50 bits per heavy atom. The molecule has 1 aliphatic rings. The van der Waals surface area contributed by atoms with E-state index in [1.807, 2.05) is 0 Å². The van der Waals surface area contributed by atoms with Crippen LogP contribution in [0.25, 0.3) is 0 Å². The molecule has 0 aliphatic heterocycles. The topological polar surface area (TPSA) is 61.9 Å². The van der Waals surface area contributed by atoms with Crippen molar-refractivity contribution in [2.24, 2.45) is 5.92 Å². The van der Waals surface area contributed by atoms with Crippen molar-refractivity contribution in [3.63, 3.8) is 0 Å². The third kappa shape index (κ3) is 3.27. The third-order valence-electron chi connectivity index (χ3n) is 3.97. The lowest BCUT2D eigenvalue weighted by atomic mass is 9.85. The zero-order chi connectivity index (χ0) is 15.5. The molecule has 116 valence electrons. The smallest absolute Gasteiger partial charge is 0.274 e. The predicted octanol–water partition coefficient (Wildman–Crippen LogP) is 3.04. The maximum atomic E-state index is 13.8. The lowest BCUT2D eigenvalue weighted by Gasteiger charge is -2.32. The van der Waals surface area contributed by atoms with Crippen LogP contribution in [0, 0.1) is 11.7 Å². The highest BCUT2D eigenvalue weighted by Crippen LogP contribution is 2.28. The standard InChI is InChI=1S/C15H16ClFN4O/c16-14-6-13(19-20-14)15(22)21(8-10-2-1-3-10)9-11-4-5-18-7-12(11)17/h4-7,10H,1-3,8-9H2,(H,19,20). The molecule has 5 nitrogen and oxygen atoms in total. The number of nitrogens with one attached hydrogen (secondary N) is 1. The Labute approximate surface area is 132 Å². The van der Waals surface area contributed by atoms with E-state index in [1.165, 1.54) is 18.7 Å². The molecule has 2 aromatic rings. The highest BCUT2D eigenvalue weighted by atomic mass is 35.5. The Morgan fingerprint density at radius 3 is 2.91 bits per heavy atom. The van der Waals surface area contributed by atoms with E-state index in [4.69, 9.17) is 11.6 Å². The zero-order valence-corrected chi connectivity index (χ0v) is 12.7. The number of carbonyl (C=O) groups is 1. The number of carbonyl (C=O) groups excluding carboxylic acids is 1. The van der Waals surface area contributed by atoms with E-state index in [2.05, 4.69) is 15.2 Å². The zero-order valence-electron chi connectivity index (χ0n) is 11.9. The third-order valence-corrected chi connectivity index (χ3v) is 4.17. The lowest BCUT2D eigenvalue weighted by molar-refractivity contribution is 0.0671. The van der Waals surface area contributed by atoms with Crippen LogP contribution in [-0.2, 0) is 6.54 Å². The van der Waals surface area contributed by atoms with Crippen LogP contribution in [0.15, 0.2) is 24.5 Å². The summed E-state index contributed by atoms with van der Waals surface area (Å²) in [6.45, 7) is 0.805. The molecular weight excluding hydrogens is 307 g/mol. The second-order valence-electron chi connectivity index (χ2n) is 5.55. The van der Waals surface area contributed by atoms with Gasteiger partial charge in [0.15, 0.2) is 5.69 Å². The number of aromatic amines is 1. The highest BCUT2D eigenvalue weighted by molar-refractivity contribution is 6.29. The summed E-state index contributed by atoms with van der Waals surface area (Å²) in [6.07, 6.45) is 6.07. The van der Waals surface area contributed by atoms with Gasteiger partial charge in [-0.15, -0.1) is 0 Å². The molecule has 22 heavy (non-hydrogen) atoms. The summed E-state index contributed by atoms with van der Waals surface area (Å²) in [6, 6.07) is 3.08. The van der Waals surface area contributed by atoms with Gasteiger partial charge in [0.2, 0.25) is 0 Å². The lowest BCUT2D eigenvalue weighted by Crippen LogP contribution is -2.37. The van der Waals surface area contributed by atoms with Crippen LogP contribution in [0.2, 0.25) is 5.15 Å². The second kappa shape index (κ2) is 6.44. The van der Waals surface area contributed by atoms with Gasteiger partial charge in [-0.1, -0.05) is 18.0 Å². The minimum Gasteiger partial charge on any atom is -0.333 e. The van der Waals surface area contributed by atoms with Crippen LogP contribution in [0.5, 0.6) is 0 Å². The van der Waals surface area contributed by atoms with Gasteiger partial charge in [0, 0.05) is 30.9 Å². The van der Waals surface area contributed by atoms with Gasteiger partial charge in [0.25, 0.3) is 5.91 Å². The summed E-state index contributed by atoms with van der Waals surface area (Å²) >= 11 is 5.78. The first-order chi connectivity index (χ1) is 10.6. The maximum Gasteiger partial charge on any atom is 0.274 e. The number of halogens is 2. The normalized spacial score (nSPS) is 14.6. The van der Waals surface area contributed by atoms with E-state index in [9.17, 15) is 9.18 Å². The monoisotopic (exact) mass is 322 g/mol. The Balaban J connectivity index is 1.80. The largest absolute Gasteiger partial charge is 0.333 e. The van der Waals surface area contributed by atoms with E-state index in [-0.39, 0.29) is 18.1 Å². The molecule has 0 aromatic carbocycles. The fourth-order valence-corrected chi connectivity index (χ4v) is 2.66. The van der Waals surface area contributed by atoms with Crippen LogP contribution >= 0.6 is 11.6 Å². The molecule has 0 radical (unpaired) electrons. The molecule has 1 N–H and O–H groups in total. The molecule has 2 aromatic heterocycles. The summed E-state index contributed by atoms with van der Waals surface area (Å²) in [7, 11) is 0. The van der Waals surface area contributed by atoms with Crippen LogP contribution in [0.1, 0.15) is 35.3 Å². The predicted molar refractivity (Wildman–Crippen MR) is 79.9 cm³/mol. The first-order valence-electron chi connectivity index (χ1n) is 7.22. The molecule has 1 fully saturated rings. The number of H-pyrrole nitrogens is 1. The van der Waals surface area contributed by atoms with Gasteiger partial charge in [0.1, 0.15) is 11.0 Å². The first-order valence-corrected chi connectivity index (χ1v) is 7.60. The average molecular weight is 323 g/mol. The number of rotatable bonds is 5. The molecular formula is C15H16ClFN4O. The Bertz CT molecular complexity index is 671. The molecule has 1 aliphatic carbocycles. The van der Waals surface area contributed by atoms with Gasteiger partial charge in [-0.25, -0.2) is 4.39 Å². The van der Waals surface area contributed by atoms with Crippen LogP contribution in [-0.4, -0.2) is 32.5 Å². The van der Waals surface area contributed by atoms with Gasteiger partial charge in [-0.05, 0) is 24.8 Å². The van der Waals surface area contributed by atoms with Crippen molar-refractivity contribution in [1.82, 2.24) is 20.1 Å². The molecule has 0 spiro atoms. The van der Waals surface area contributed by atoms with E-state index >= 15 is 0 Å². The van der Waals surface area contributed by atoms with Crippen LogP contribution in [0.4, 0.5) is 4.39 Å². The van der Waals surface area contributed by atoms with Gasteiger partial charge < -0.3 is 4.90 Å². The van der Waals surface area contributed by atoms with Gasteiger partial charge in [0.05, 0.1) is 6.20 Å². The van der Waals surface area contributed by atoms with E-state index in [0.29, 0.717) is 23.2 Å².